The van der Waals surface area contributed by atoms with Gasteiger partial charge in [0, 0.05) is 26.6 Å². The van der Waals surface area contributed by atoms with Gasteiger partial charge in [-0.25, -0.2) is 9.97 Å². The highest BCUT2D eigenvalue weighted by molar-refractivity contribution is 7.12. The lowest BCUT2D eigenvalue weighted by Crippen LogP contribution is -2.23. The van der Waals surface area contributed by atoms with Crippen molar-refractivity contribution in [2.24, 2.45) is 4.99 Å². The molecule has 0 aliphatic rings. The first kappa shape index (κ1) is 27.8. The average molecular weight is 551 g/mol. The molecular formula is C27H34N6O3SSi. The molecule has 0 radical (unpaired) electrons. The fourth-order valence-electron chi connectivity index (χ4n) is 3.57. The summed E-state index contributed by atoms with van der Waals surface area (Å²) in [6.07, 6.45) is 5.05. The second-order valence-corrected chi connectivity index (χ2v) is 17.0. The quantitative estimate of drug-likeness (QED) is 0.204. The summed E-state index contributed by atoms with van der Waals surface area (Å²) in [6.45, 7) is 13.8. The number of para-hydroxylation sites is 1. The van der Waals surface area contributed by atoms with E-state index < -0.39 is 8.07 Å². The average Bonchev–Trinajstić information content (AvgIpc) is 3.26. The number of ether oxygens (including phenoxy) is 2. The molecule has 0 bridgehead atoms. The van der Waals surface area contributed by atoms with E-state index in [0.29, 0.717) is 35.7 Å². The van der Waals surface area contributed by atoms with Crippen LogP contribution in [-0.4, -0.2) is 44.3 Å². The van der Waals surface area contributed by atoms with Crippen molar-refractivity contribution in [3.8, 4) is 22.3 Å². The Morgan fingerprint density at radius 1 is 1.05 bits per heavy atom. The van der Waals surface area contributed by atoms with E-state index in [0.717, 1.165) is 39.2 Å². The number of thiazole rings is 1. The maximum absolute atomic E-state index is 9.27. The molecule has 0 fully saturated rings. The molecule has 38 heavy (non-hydrogen) atoms. The molecule has 0 amide bonds. The van der Waals surface area contributed by atoms with E-state index in [4.69, 9.17) is 19.5 Å². The summed E-state index contributed by atoms with van der Waals surface area (Å²) >= 11 is 1.47. The van der Waals surface area contributed by atoms with Crippen molar-refractivity contribution in [2.45, 2.75) is 59.8 Å². The fourth-order valence-corrected chi connectivity index (χ4v) is 5.27. The molecule has 200 valence electrons. The van der Waals surface area contributed by atoms with E-state index in [2.05, 4.69) is 34.6 Å². The van der Waals surface area contributed by atoms with Gasteiger partial charge in [-0.2, -0.15) is 9.98 Å². The van der Waals surface area contributed by atoms with Crippen molar-refractivity contribution >= 4 is 25.2 Å². The number of hydrogen-bond donors (Lipinski definition) is 1. The molecule has 0 aliphatic carbocycles. The lowest BCUT2D eigenvalue weighted by molar-refractivity contribution is 0.0855. The highest BCUT2D eigenvalue weighted by Crippen LogP contribution is 2.29. The molecule has 3 heterocycles. The minimum absolute atomic E-state index is 0.166. The molecule has 3 aromatic heterocycles. The minimum atomic E-state index is -1.20. The van der Waals surface area contributed by atoms with E-state index in [-0.39, 0.29) is 6.61 Å². The van der Waals surface area contributed by atoms with E-state index >= 15 is 0 Å². The third-order valence-electron chi connectivity index (χ3n) is 5.70. The van der Waals surface area contributed by atoms with Gasteiger partial charge in [-0.05, 0) is 44.0 Å². The Labute approximate surface area is 227 Å². The van der Waals surface area contributed by atoms with Gasteiger partial charge in [0.2, 0.25) is 0 Å². The molecule has 0 saturated heterocycles. The van der Waals surface area contributed by atoms with E-state index in [1.807, 2.05) is 55.8 Å². The predicted octanol–water partition coefficient (Wildman–Crippen LogP) is 5.55. The van der Waals surface area contributed by atoms with Gasteiger partial charge in [0.1, 0.15) is 12.5 Å². The summed E-state index contributed by atoms with van der Waals surface area (Å²) in [6, 6.07) is 9.32. The Morgan fingerprint density at radius 2 is 1.82 bits per heavy atom. The van der Waals surface area contributed by atoms with Crippen molar-refractivity contribution in [3.63, 3.8) is 0 Å². The van der Waals surface area contributed by atoms with Crippen LogP contribution < -0.4 is 9.54 Å². The SMILES string of the molecule is Cc1cc(-c2cn(COCC[Si](C)(C)C)/c(=N/c3cnc(CO)cn3)s2)nc(Oc2c(C)cccc2C)n1. The molecule has 0 saturated carbocycles. The molecule has 0 unspecified atom stereocenters. The number of aliphatic hydroxyl groups excluding tert-OH is 1. The van der Waals surface area contributed by atoms with Crippen LogP contribution >= 0.6 is 11.3 Å². The van der Waals surface area contributed by atoms with Gasteiger partial charge in [0.15, 0.2) is 10.6 Å². The predicted molar refractivity (Wildman–Crippen MR) is 151 cm³/mol. The minimum Gasteiger partial charge on any atom is -0.424 e. The Balaban J connectivity index is 1.68. The highest BCUT2D eigenvalue weighted by Gasteiger charge is 2.15. The van der Waals surface area contributed by atoms with Crippen LogP contribution in [0.5, 0.6) is 11.8 Å². The molecule has 4 rings (SSSR count). The number of aryl methyl sites for hydroxylation is 3. The first-order chi connectivity index (χ1) is 18.1. The van der Waals surface area contributed by atoms with E-state index in [1.165, 1.54) is 17.5 Å². The number of aliphatic hydroxyl groups is 1. The van der Waals surface area contributed by atoms with Gasteiger partial charge in [0.25, 0.3) is 0 Å². The molecule has 0 atom stereocenters. The first-order valence-electron chi connectivity index (χ1n) is 12.5. The summed E-state index contributed by atoms with van der Waals surface area (Å²) in [7, 11) is -1.20. The van der Waals surface area contributed by atoms with Crippen LogP contribution in [0.1, 0.15) is 22.5 Å². The summed E-state index contributed by atoms with van der Waals surface area (Å²) in [5.41, 5.74) is 4.08. The van der Waals surface area contributed by atoms with Crippen LogP contribution in [0.3, 0.4) is 0 Å². The Kier molecular flexibility index (Phi) is 8.82. The largest absolute Gasteiger partial charge is 0.424 e. The van der Waals surface area contributed by atoms with Crippen LogP contribution in [0.25, 0.3) is 10.6 Å². The fraction of sp³-hybridized carbons (Fsp3) is 0.370. The van der Waals surface area contributed by atoms with Gasteiger partial charge >= 0.3 is 6.01 Å². The molecule has 1 N–H and O–H groups in total. The van der Waals surface area contributed by atoms with Gasteiger partial charge < -0.3 is 14.6 Å². The van der Waals surface area contributed by atoms with Crippen molar-refractivity contribution < 1.29 is 14.6 Å². The second-order valence-electron chi connectivity index (χ2n) is 10.3. The Hall–Kier alpha value is -3.25. The number of rotatable bonds is 10. The summed E-state index contributed by atoms with van der Waals surface area (Å²) < 4.78 is 14.1. The van der Waals surface area contributed by atoms with Crippen LogP contribution in [0.15, 0.2) is 47.8 Å². The summed E-state index contributed by atoms with van der Waals surface area (Å²) in [5, 5.41) is 9.27. The molecule has 11 heteroatoms. The normalized spacial score (nSPS) is 12.2. The molecular weight excluding hydrogens is 516 g/mol. The van der Waals surface area contributed by atoms with Crippen LogP contribution in [0.4, 0.5) is 5.82 Å². The third kappa shape index (κ3) is 7.41. The zero-order chi connectivity index (χ0) is 27.3. The molecule has 0 spiro atoms. The summed E-state index contributed by atoms with van der Waals surface area (Å²) in [5.74, 6) is 1.21. The lowest BCUT2D eigenvalue weighted by atomic mass is 10.1. The van der Waals surface area contributed by atoms with Crippen molar-refractivity contribution in [1.29, 1.82) is 0 Å². The van der Waals surface area contributed by atoms with E-state index in [1.54, 1.807) is 6.20 Å². The van der Waals surface area contributed by atoms with Crippen LogP contribution in [0, 0.1) is 20.8 Å². The highest BCUT2D eigenvalue weighted by atomic mass is 32.1. The zero-order valence-electron chi connectivity index (χ0n) is 22.7. The van der Waals surface area contributed by atoms with Gasteiger partial charge in [-0.1, -0.05) is 49.2 Å². The standard InChI is InChI=1S/C27H34N6O3SSi/c1-18-8-7-9-19(2)25(18)36-26-30-20(3)12-22(31-26)23-15-33(17-35-10-11-38(4,5)6)27(37-23)32-24-14-28-21(16-34)13-29-24/h7-9,12-15,34H,10-11,16-17H2,1-6H3/b32-27-. The number of benzene rings is 1. The van der Waals surface area contributed by atoms with Crippen molar-refractivity contribution in [3.05, 3.63) is 70.2 Å². The second kappa shape index (κ2) is 12.1. The Bertz CT molecular complexity index is 1440. The maximum Gasteiger partial charge on any atom is 0.322 e. The number of nitrogens with zero attached hydrogens (tertiary/aromatic N) is 6. The third-order valence-corrected chi connectivity index (χ3v) is 8.45. The topological polar surface area (TPSA) is 108 Å². The number of hydrogen-bond acceptors (Lipinski definition) is 9. The van der Waals surface area contributed by atoms with Crippen molar-refractivity contribution in [1.82, 2.24) is 24.5 Å². The monoisotopic (exact) mass is 550 g/mol. The van der Waals surface area contributed by atoms with Gasteiger partial charge in [-0.15, -0.1) is 0 Å². The van der Waals surface area contributed by atoms with Crippen LogP contribution in [-0.2, 0) is 18.1 Å². The zero-order valence-corrected chi connectivity index (χ0v) is 24.5. The van der Waals surface area contributed by atoms with Crippen molar-refractivity contribution in [2.75, 3.05) is 6.61 Å². The maximum atomic E-state index is 9.27. The number of aromatic nitrogens is 5. The lowest BCUT2D eigenvalue weighted by Gasteiger charge is -2.15. The van der Waals surface area contributed by atoms with Gasteiger partial charge in [-0.3, -0.25) is 9.55 Å². The first-order valence-corrected chi connectivity index (χ1v) is 17.0. The molecule has 1 aromatic carbocycles. The van der Waals surface area contributed by atoms with Gasteiger partial charge in [0.05, 0.1) is 35.3 Å². The molecule has 9 nitrogen and oxygen atoms in total. The molecule has 4 aromatic rings. The van der Waals surface area contributed by atoms with Crippen LogP contribution in [0.2, 0.25) is 25.7 Å². The summed E-state index contributed by atoms with van der Waals surface area (Å²) in [4.78, 5) is 24.1. The Morgan fingerprint density at radius 3 is 2.47 bits per heavy atom. The molecule has 0 aliphatic heterocycles. The smallest absolute Gasteiger partial charge is 0.322 e. The van der Waals surface area contributed by atoms with E-state index in [9.17, 15) is 5.11 Å².